The quantitative estimate of drug-likeness (QED) is 0.196. The second-order valence-electron chi connectivity index (χ2n) is 4.29. The van der Waals surface area contributed by atoms with Crippen LogP contribution >= 0.6 is 0 Å². The minimum Gasteiger partial charge on any atom is -0.385 e. The van der Waals surface area contributed by atoms with Gasteiger partial charge in [0, 0.05) is 26.3 Å². The summed E-state index contributed by atoms with van der Waals surface area (Å²) in [5.41, 5.74) is 2.50. The van der Waals surface area contributed by atoms with Crippen molar-refractivity contribution in [3.05, 3.63) is 0 Å². The van der Waals surface area contributed by atoms with Crippen LogP contribution in [0.2, 0.25) is 0 Å². The highest BCUT2D eigenvalue weighted by atomic mass is 32.2. The Kier molecular flexibility index (Phi) is 6.37. The van der Waals surface area contributed by atoms with Gasteiger partial charge in [0.15, 0.2) is 0 Å². The number of ether oxygens (including phenoxy) is 1. The van der Waals surface area contributed by atoms with Crippen LogP contribution in [0.5, 0.6) is 0 Å². The van der Waals surface area contributed by atoms with Gasteiger partial charge in [-0.25, -0.2) is 14.3 Å². The number of hydrogen-bond donors (Lipinski definition) is 3. The van der Waals surface area contributed by atoms with Crippen LogP contribution in [0.1, 0.15) is 19.3 Å². The van der Waals surface area contributed by atoms with E-state index in [4.69, 9.17) is 10.6 Å². The summed E-state index contributed by atoms with van der Waals surface area (Å²) in [6.45, 7) is 1.27. The molecule has 0 unspecified atom stereocenters. The van der Waals surface area contributed by atoms with Gasteiger partial charge < -0.3 is 10.1 Å². The molecule has 0 aromatic heterocycles. The summed E-state index contributed by atoms with van der Waals surface area (Å²) in [6.07, 6.45) is 2.02. The largest absolute Gasteiger partial charge is 0.385 e. The second-order valence-corrected chi connectivity index (χ2v) is 6.60. The van der Waals surface area contributed by atoms with Crippen LogP contribution in [0, 0.1) is 0 Å². The molecule has 1 saturated heterocycles. The van der Waals surface area contributed by atoms with Crippen LogP contribution in [0.25, 0.3) is 0 Å². The molecule has 0 saturated carbocycles. The van der Waals surface area contributed by atoms with Crippen LogP contribution in [0.3, 0.4) is 0 Å². The zero-order valence-corrected chi connectivity index (χ0v) is 11.5. The Morgan fingerprint density at radius 3 is 2.67 bits per heavy atom. The summed E-state index contributed by atoms with van der Waals surface area (Å²) in [7, 11) is -1.19. The SMILES string of the molecule is COCCCN=C(NN)NC1CCS(=O)(=O)CC1. The molecule has 1 heterocycles. The molecule has 1 aliphatic heterocycles. The molecule has 0 aliphatic carbocycles. The molecule has 0 atom stereocenters. The maximum Gasteiger partial charge on any atom is 0.205 e. The van der Waals surface area contributed by atoms with Gasteiger partial charge in [-0.2, -0.15) is 0 Å². The predicted octanol–water partition coefficient (Wildman–Crippen LogP) is -0.991. The Labute approximate surface area is 108 Å². The normalized spacial score (nSPS) is 20.7. The van der Waals surface area contributed by atoms with E-state index in [1.165, 1.54) is 0 Å². The third-order valence-corrected chi connectivity index (χ3v) is 4.52. The number of nitrogens with two attached hydrogens (primary N) is 1. The first kappa shape index (κ1) is 15.2. The summed E-state index contributed by atoms with van der Waals surface area (Å²) >= 11 is 0. The number of sulfone groups is 1. The first-order chi connectivity index (χ1) is 8.57. The van der Waals surface area contributed by atoms with Gasteiger partial charge >= 0.3 is 0 Å². The molecular weight excluding hydrogens is 256 g/mol. The Morgan fingerprint density at radius 1 is 1.44 bits per heavy atom. The van der Waals surface area contributed by atoms with E-state index in [0.717, 1.165) is 6.42 Å². The first-order valence-corrected chi connectivity index (χ1v) is 7.86. The highest BCUT2D eigenvalue weighted by molar-refractivity contribution is 7.91. The Bertz CT molecular complexity index is 355. The molecule has 0 spiro atoms. The monoisotopic (exact) mass is 278 g/mol. The Balaban J connectivity index is 2.34. The van der Waals surface area contributed by atoms with Crippen molar-refractivity contribution < 1.29 is 13.2 Å². The average Bonchev–Trinajstić information content (AvgIpc) is 2.35. The smallest absolute Gasteiger partial charge is 0.205 e. The molecular formula is C10H22N4O3S. The standard InChI is InChI=1S/C10H22N4O3S/c1-17-6-2-5-12-10(14-11)13-9-3-7-18(15,16)8-4-9/h9H,2-8,11H2,1H3,(H2,12,13,14). The summed E-state index contributed by atoms with van der Waals surface area (Å²) in [6, 6.07) is 0.116. The molecule has 0 aromatic rings. The van der Waals surface area contributed by atoms with Crippen molar-refractivity contribution in [2.24, 2.45) is 10.8 Å². The fourth-order valence-electron chi connectivity index (χ4n) is 1.76. The van der Waals surface area contributed by atoms with E-state index in [1.807, 2.05) is 0 Å². The van der Waals surface area contributed by atoms with Gasteiger partial charge in [-0.3, -0.25) is 10.4 Å². The van der Waals surface area contributed by atoms with Gasteiger partial charge in [-0.1, -0.05) is 0 Å². The van der Waals surface area contributed by atoms with Crippen molar-refractivity contribution in [2.75, 3.05) is 31.8 Å². The molecule has 8 heteroatoms. The molecule has 1 rings (SSSR count). The van der Waals surface area contributed by atoms with Crippen LogP contribution < -0.4 is 16.6 Å². The van der Waals surface area contributed by atoms with E-state index in [1.54, 1.807) is 7.11 Å². The van der Waals surface area contributed by atoms with Gasteiger partial charge in [-0.05, 0) is 19.3 Å². The Hall–Kier alpha value is -0.860. The predicted molar refractivity (Wildman–Crippen MR) is 70.9 cm³/mol. The van der Waals surface area contributed by atoms with Crippen molar-refractivity contribution in [3.63, 3.8) is 0 Å². The average molecular weight is 278 g/mol. The van der Waals surface area contributed by atoms with Crippen molar-refractivity contribution in [1.82, 2.24) is 10.7 Å². The number of nitrogens with zero attached hydrogens (tertiary/aromatic N) is 1. The van der Waals surface area contributed by atoms with Gasteiger partial charge in [0.05, 0.1) is 11.5 Å². The fourth-order valence-corrected chi connectivity index (χ4v) is 3.25. The number of nitrogens with one attached hydrogen (secondary N) is 2. The zero-order chi connectivity index (χ0) is 13.4. The van der Waals surface area contributed by atoms with Crippen molar-refractivity contribution >= 4 is 15.8 Å². The minimum atomic E-state index is -2.83. The lowest BCUT2D eigenvalue weighted by Gasteiger charge is -2.24. The lowest BCUT2D eigenvalue weighted by atomic mass is 10.2. The Morgan fingerprint density at radius 2 is 2.11 bits per heavy atom. The third-order valence-electron chi connectivity index (χ3n) is 2.81. The molecule has 1 aliphatic rings. The van der Waals surface area contributed by atoms with E-state index < -0.39 is 9.84 Å². The maximum atomic E-state index is 11.3. The zero-order valence-electron chi connectivity index (χ0n) is 10.7. The number of aliphatic imine (C=N–C) groups is 1. The van der Waals surface area contributed by atoms with Crippen LogP contribution in [0.4, 0.5) is 0 Å². The summed E-state index contributed by atoms with van der Waals surface area (Å²) in [4.78, 5) is 4.25. The molecule has 4 N–H and O–H groups in total. The van der Waals surface area contributed by atoms with Crippen LogP contribution in [-0.4, -0.2) is 52.2 Å². The van der Waals surface area contributed by atoms with Gasteiger partial charge in [0.2, 0.25) is 5.96 Å². The van der Waals surface area contributed by atoms with E-state index >= 15 is 0 Å². The molecule has 7 nitrogen and oxygen atoms in total. The van der Waals surface area contributed by atoms with Crippen LogP contribution in [0.15, 0.2) is 4.99 Å². The number of hydrogen-bond acceptors (Lipinski definition) is 5. The number of guanidine groups is 1. The summed E-state index contributed by atoms with van der Waals surface area (Å²) < 4.78 is 27.5. The summed E-state index contributed by atoms with van der Waals surface area (Å²) in [5, 5.41) is 3.13. The van der Waals surface area contributed by atoms with E-state index in [2.05, 4.69) is 15.7 Å². The molecule has 0 amide bonds. The molecule has 106 valence electrons. The van der Waals surface area contributed by atoms with E-state index in [0.29, 0.717) is 32.0 Å². The number of hydrazine groups is 1. The lowest BCUT2D eigenvalue weighted by molar-refractivity contribution is 0.197. The second kappa shape index (κ2) is 7.55. The maximum absolute atomic E-state index is 11.3. The topological polar surface area (TPSA) is 106 Å². The van der Waals surface area contributed by atoms with Gasteiger partial charge in [0.25, 0.3) is 0 Å². The molecule has 18 heavy (non-hydrogen) atoms. The molecule has 1 fully saturated rings. The van der Waals surface area contributed by atoms with Crippen molar-refractivity contribution in [1.29, 1.82) is 0 Å². The van der Waals surface area contributed by atoms with Crippen molar-refractivity contribution in [2.45, 2.75) is 25.3 Å². The molecule has 0 aromatic carbocycles. The third kappa shape index (κ3) is 5.65. The summed E-state index contributed by atoms with van der Waals surface area (Å²) in [5.74, 6) is 6.33. The lowest BCUT2D eigenvalue weighted by Crippen LogP contribution is -2.48. The highest BCUT2D eigenvalue weighted by Gasteiger charge is 2.23. The minimum absolute atomic E-state index is 0.116. The molecule has 0 bridgehead atoms. The first-order valence-electron chi connectivity index (χ1n) is 6.04. The van der Waals surface area contributed by atoms with E-state index in [-0.39, 0.29) is 17.5 Å². The highest BCUT2D eigenvalue weighted by Crippen LogP contribution is 2.11. The van der Waals surface area contributed by atoms with Crippen LogP contribution in [-0.2, 0) is 14.6 Å². The van der Waals surface area contributed by atoms with Crippen molar-refractivity contribution in [3.8, 4) is 0 Å². The van der Waals surface area contributed by atoms with Gasteiger partial charge in [-0.15, -0.1) is 0 Å². The van der Waals surface area contributed by atoms with E-state index in [9.17, 15) is 8.42 Å². The molecule has 0 radical (unpaired) electrons. The number of rotatable bonds is 5. The fraction of sp³-hybridized carbons (Fsp3) is 0.900. The van der Waals surface area contributed by atoms with Gasteiger partial charge in [0.1, 0.15) is 9.84 Å². The number of methoxy groups -OCH3 is 1.